The maximum atomic E-state index is 12.7. The van der Waals surface area contributed by atoms with Gasteiger partial charge in [-0.1, -0.05) is 11.6 Å². The molecule has 0 unspecified atom stereocenters. The molecule has 0 fully saturated rings. The molecule has 1 amide bonds. The van der Waals surface area contributed by atoms with Gasteiger partial charge in [0.25, 0.3) is 0 Å². The maximum absolute atomic E-state index is 12.7. The standard InChI is InChI=1S/C14H14ClF3N4O/c1-9(23)19-7-6-12-20-13(10-2-4-11(15)5-3-10)21-22(12)8-14(16,17)18/h2-5H,6-8H2,1H3,(H,19,23). The minimum atomic E-state index is -4.41. The number of alkyl halides is 3. The quantitative estimate of drug-likeness (QED) is 0.905. The molecule has 1 aromatic carbocycles. The van der Waals surface area contributed by atoms with Gasteiger partial charge in [-0.15, -0.1) is 0 Å². The van der Waals surface area contributed by atoms with Gasteiger partial charge in [-0.3, -0.25) is 4.79 Å². The van der Waals surface area contributed by atoms with E-state index in [1.807, 2.05) is 0 Å². The van der Waals surface area contributed by atoms with Crippen molar-refractivity contribution < 1.29 is 18.0 Å². The number of benzene rings is 1. The zero-order valence-corrected chi connectivity index (χ0v) is 12.9. The highest BCUT2D eigenvalue weighted by atomic mass is 35.5. The zero-order valence-electron chi connectivity index (χ0n) is 12.2. The fraction of sp³-hybridized carbons (Fsp3) is 0.357. The Kier molecular flexibility index (Phi) is 5.25. The van der Waals surface area contributed by atoms with E-state index in [1.165, 1.54) is 6.92 Å². The van der Waals surface area contributed by atoms with Gasteiger partial charge in [0.1, 0.15) is 12.4 Å². The van der Waals surface area contributed by atoms with E-state index in [4.69, 9.17) is 11.6 Å². The molecule has 0 bridgehead atoms. The molecule has 124 valence electrons. The lowest BCUT2D eigenvalue weighted by atomic mass is 10.2. The number of carbonyl (C=O) groups excluding carboxylic acids is 1. The lowest BCUT2D eigenvalue weighted by molar-refractivity contribution is -0.143. The number of nitrogens with zero attached hydrogens (tertiary/aromatic N) is 3. The van der Waals surface area contributed by atoms with Gasteiger partial charge in [-0.25, -0.2) is 9.67 Å². The average molecular weight is 347 g/mol. The van der Waals surface area contributed by atoms with Crippen LogP contribution in [0, 0.1) is 0 Å². The zero-order chi connectivity index (χ0) is 17.0. The second-order valence-corrected chi connectivity index (χ2v) is 5.30. The topological polar surface area (TPSA) is 59.8 Å². The highest BCUT2D eigenvalue weighted by Crippen LogP contribution is 2.22. The fourth-order valence-corrected chi connectivity index (χ4v) is 2.05. The van der Waals surface area contributed by atoms with Crippen LogP contribution in [0.2, 0.25) is 5.02 Å². The molecule has 0 saturated carbocycles. The summed E-state index contributed by atoms with van der Waals surface area (Å²) in [5.41, 5.74) is 0.566. The first-order valence-corrected chi connectivity index (χ1v) is 7.13. The first-order valence-electron chi connectivity index (χ1n) is 6.75. The van der Waals surface area contributed by atoms with Crippen molar-refractivity contribution in [2.24, 2.45) is 0 Å². The molecule has 0 aliphatic carbocycles. The molecular weight excluding hydrogens is 333 g/mol. The number of amides is 1. The van der Waals surface area contributed by atoms with Gasteiger partial charge in [-0.05, 0) is 24.3 Å². The van der Waals surface area contributed by atoms with Crippen molar-refractivity contribution in [3.05, 3.63) is 35.1 Å². The Morgan fingerprint density at radius 1 is 1.30 bits per heavy atom. The molecule has 1 aromatic heterocycles. The molecule has 0 aliphatic rings. The number of hydrogen-bond acceptors (Lipinski definition) is 3. The number of nitrogens with one attached hydrogen (secondary N) is 1. The third-order valence-corrected chi connectivity index (χ3v) is 3.15. The molecule has 2 aromatic rings. The molecule has 5 nitrogen and oxygen atoms in total. The van der Waals surface area contributed by atoms with Crippen molar-refractivity contribution in [2.75, 3.05) is 6.54 Å². The predicted molar refractivity (Wildman–Crippen MR) is 78.9 cm³/mol. The first kappa shape index (κ1) is 17.3. The Morgan fingerprint density at radius 2 is 1.96 bits per heavy atom. The van der Waals surface area contributed by atoms with Crippen molar-refractivity contribution in [3.63, 3.8) is 0 Å². The average Bonchev–Trinajstić information content (AvgIpc) is 2.80. The van der Waals surface area contributed by atoms with Crippen LogP contribution in [0.4, 0.5) is 13.2 Å². The van der Waals surface area contributed by atoms with Gasteiger partial charge < -0.3 is 5.32 Å². The van der Waals surface area contributed by atoms with E-state index in [1.54, 1.807) is 24.3 Å². The van der Waals surface area contributed by atoms with Gasteiger partial charge in [-0.2, -0.15) is 18.3 Å². The molecule has 1 N–H and O–H groups in total. The van der Waals surface area contributed by atoms with Crippen molar-refractivity contribution in [3.8, 4) is 11.4 Å². The lowest BCUT2D eigenvalue weighted by Gasteiger charge is -2.08. The van der Waals surface area contributed by atoms with Gasteiger partial charge in [0.2, 0.25) is 5.91 Å². The van der Waals surface area contributed by atoms with Gasteiger partial charge in [0, 0.05) is 30.5 Å². The normalized spacial score (nSPS) is 11.5. The minimum absolute atomic E-state index is 0.149. The molecule has 2 rings (SSSR count). The summed E-state index contributed by atoms with van der Waals surface area (Å²) in [6.45, 7) is 0.286. The second kappa shape index (κ2) is 6.99. The highest BCUT2D eigenvalue weighted by molar-refractivity contribution is 6.30. The Bertz CT molecular complexity index is 682. The smallest absolute Gasteiger partial charge is 0.356 e. The van der Waals surface area contributed by atoms with Crippen LogP contribution < -0.4 is 5.32 Å². The predicted octanol–water partition coefficient (Wildman–Crippen LogP) is 2.84. The summed E-state index contributed by atoms with van der Waals surface area (Å²) in [7, 11) is 0. The first-order chi connectivity index (χ1) is 10.7. The maximum Gasteiger partial charge on any atom is 0.408 e. The van der Waals surface area contributed by atoms with Crippen LogP contribution in [0.1, 0.15) is 12.7 Å². The fourth-order valence-electron chi connectivity index (χ4n) is 1.93. The summed E-state index contributed by atoms with van der Waals surface area (Å²) < 4.78 is 38.8. The summed E-state index contributed by atoms with van der Waals surface area (Å²) in [4.78, 5) is 15.0. The molecule has 0 aliphatic heterocycles. The molecule has 9 heteroatoms. The van der Waals surface area contributed by atoms with Crippen molar-refractivity contribution in [2.45, 2.75) is 26.1 Å². The van der Waals surface area contributed by atoms with Gasteiger partial charge in [0.05, 0.1) is 0 Å². The molecular formula is C14H14ClF3N4O. The van der Waals surface area contributed by atoms with E-state index in [0.29, 0.717) is 10.6 Å². The Morgan fingerprint density at radius 3 is 2.52 bits per heavy atom. The summed E-state index contributed by atoms with van der Waals surface area (Å²) in [6.07, 6.45) is -4.26. The van der Waals surface area contributed by atoms with Crippen LogP contribution in [-0.4, -0.2) is 33.4 Å². The number of halogens is 4. The van der Waals surface area contributed by atoms with Crippen LogP contribution in [0.15, 0.2) is 24.3 Å². The largest absolute Gasteiger partial charge is 0.408 e. The van der Waals surface area contributed by atoms with Crippen molar-refractivity contribution >= 4 is 17.5 Å². The van der Waals surface area contributed by atoms with E-state index in [2.05, 4.69) is 15.4 Å². The third-order valence-electron chi connectivity index (χ3n) is 2.90. The van der Waals surface area contributed by atoms with Gasteiger partial charge in [0.15, 0.2) is 5.82 Å². The monoisotopic (exact) mass is 346 g/mol. The number of carbonyl (C=O) groups is 1. The van der Waals surface area contributed by atoms with E-state index in [0.717, 1.165) is 4.68 Å². The number of rotatable bonds is 5. The second-order valence-electron chi connectivity index (χ2n) is 4.86. The minimum Gasteiger partial charge on any atom is -0.356 e. The summed E-state index contributed by atoms with van der Waals surface area (Å²) in [5, 5.41) is 6.95. The van der Waals surface area contributed by atoms with Crippen molar-refractivity contribution in [1.82, 2.24) is 20.1 Å². The molecule has 0 atom stereocenters. The van der Waals surface area contributed by atoms with Crippen LogP contribution in [-0.2, 0) is 17.8 Å². The molecule has 23 heavy (non-hydrogen) atoms. The van der Waals surface area contributed by atoms with Crippen LogP contribution >= 0.6 is 11.6 Å². The summed E-state index contributed by atoms with van der Waals surface area (Å²) in [5.74, 6) is 0.0783. The Hall–Kier alpha value is -2.09. The molecule has 1 heterocycles. The van der Waals surface area contributed by atoms with Crippen LogP contribution in [0.3, 0.4) is 0 Å². The number of hydrogen-bond donors (Lipinski definition) is 1. The third kappa shape index (κ3) is 5.24. The van der Waals surface area contributed by atoms with Crippen molar-refractivity contribution in [1.29, 1.82) is 0 Å². The van der Waals surface area contributed by atoms with E-state index >= 15 is 0 Å². The van der Waals surface area contributed by atoms with Crippen LogP contribution in [0.5, 0.6) is 0 Å². The SMILES string of the molecule is CC(=O)NCCc1nc(-c2ccc(Cl)cc2)nn1CC(F)(F)F. The lowest BCUT2D eigenvalue weighted by Crippen LogP contribution is -2.25. The summed E-state index contributed by atoms with van der Waals surface area (Å²) in [6, 6.07) is 6.48. The molecule has 0 saturated heterocycles. The molecule has 0 spiro atoms. The van der Waals surface area contributed by atoms with Crippen LogP contribution in [0.25, 0.3) is 11.4 Å². The number of aromatic nitrogens is 3. The van der Waals surface area contributed by atoms with E-state index < -0.39 is 12.7 Å². The Balaban J connectivity index is 2.26. The molecule has 0 radical (unpaired) electrons. The van der Waals surface area contributed by atoms with Gasteiger partial charge >= 0.3 is 6.18 Å². The Labute approximate surface area is 135 Å². The summed E-state index contributed by atoms with van der Waals surface area (Å²) >= 11 is 5.79. The van der Waals surface area contributed by atoms with E-state index in [-0.39, 0.29) is 30.5 Å². The van der Waals surface area contributed by atoms with E-state index in [9.17, 15) is 18.0 Å². The highest BCUT2D eigenvalue weighted by Gasteiger charge is 2.30.